The lowest BCUT2D eigenvalue weighted by atomic mass is 9.85. The molecule has 0 radical (unpaired) electrons. The highest BCUT2D eigenvalue weighted by molar-refractivity contribution is 6.74. The maximum absolute atomic E-state index is 9.57. The Kier molecular flexibility index (Phi) is 9.20. The number of rotatable bonds is 7. The Hall–Kier alpha value is -0.206. The Balaban J connectivity index is 3.35. The second-order valence-electron chi connectivity index (χ2n) is 11.7. The summed E-state index contributed by atoms with van der Waals surface area (Å²) in [5.41, 5.74) is 2.62. The van der Waals surface area contributed by atoms with E-state index in [1.165, 1.54) is 11.1 Å². The van der Waals surface area contributed by atoms with E-state index in [0.29, 0.717) is 0 Å². The van der Waals surface area contributed by atoms with Crippen molar-refractivity contribution in [2.45, 2.75) is 123 Å². The second kappa shape index (κ2) is 9.94. The molecule has 0 aromatic rings. The smallest absolute Gasteiger partial charge is 0.192 e. The summed E-state index contributed by atoms with van der Waals surface area (Å²) < 4.78 is 13.9. The van der Waals surface area contributed by atoms with Crippen LogP contribution >= 0.6 is 0 Å². The van der Waals surface area contributed by atoms with Gasteiger partial charge in [0.1, 0.15) is 0 Å². The van der Waals surface area contributed by atoms with Crippen molar-refractivity contribution in [2.24, 2.45) is 0 Å². The molecule has 0 bridgehead atoms. The fraction of sp³-hybridized carbons (Fsp3) is 0.833. The summed E-state index contributed by atoms with van der Waals surface area (Å²) in [4.78, 5) is 0. The van der Waals surface area contributed by atoms with Gasteiger partial charge in [0.15, 0.2) is 16.6 Å². The minimum atomic E-state index is -1.93. The Morgan fingerprint density at radius 3 is 1.59 bits per heavy atom. The van der Waals surface area contributed by atoms with E-state index >= 15 is 0 Å². The zero-order valence-electron chi connectivity index (χ0n) is 21.1. The van der Waals surface area contributed by atoms with Crippen LogP contribution in [-0.2, 0) is 8.85 Å². The SMILES string of the molecule is CCCC=C1[C@@H](O[Si](C)(C)C(C)(C)C)CC(=CCO)C[C@H]1O[Si](C)(C)C(C)(C)C. The van der Waals surface area contributed by atoms with Gasteiger partial charge in [0, 0.05) is 0 Å². The summed E-state index contributed by atoms with van der Waals surface area (Å²) in [5, 5.41) is 9.89. The summed E-state index contributed by atoms with van der Waals surface area (Å²) in [5.74, 6) is 0. The molecule has 0 amide bonds. The first kappa shape index (κ1) is 26.8. The van der Waals surface area contributed by atoms with Gasteiger partial charge >= 0.3 is 0 Å². The van der Waals surface area contributed by atoms with E-state index < -0.39 is 16.6 Å². The van der Waals surface area contributed by atoms with Crippen LogP contribution in [0.2, 0.25) is 36.3 Å². The molecule has 0 spiro atoms. The van der Waals surface area contributed by atoms with E-state index in [0.717, 1.165) is 25.7 Å². The Morgan fingerprint density at radius 1 is 0.862 bits per heavy atom. The molecule has 0 unspecified atom stereocenters. The zero-order chi connectivity index (χ0) is 22.7. The quantitative estimate of drug-likeness (QED) is 0.336. The second-order valence-corrected chi connectivity index (χ2v) is 21.2. The van der Waals surface area contributed by atoms with Crippen molar-refractivity contribution in [3.8, 4) is 0 Å². The molecule has 0 aromatic heterocycles. The number of aliphatic hydroxyl groups is 1. The van der Waals surface area contributed by atoms with Gasteiger partial charge < -0.3 is 14.0 Å². The van der Waals surface area contributed by atoms with E-state index in [1.54, 1.807) is 0 Å². The number of allylic oxidation sites excluding steroid dienone is 1. The lowest BCUT2D eigenvalue weighted by Crippen LogP contribution is -2.50. The van der Waals surface area contributed by atoms with Crippen LogP contribution in [0.15, 0.2) is 23.3 Å². The van der Waals surface area contributed by atoms with Crippen LogP contribution in [0.1, 0.15) is 74.1 Å². The van der Waals surface area contributed by atoms with Gasteiger partial charge in [-0.05, 0) is 61.1 Å². The Labute approximate surface area is 183 Å². The van der Waals surface area contributed by atoms with Crippen molar-refractivity contribution in [1.82, 2.24) is 0 Å². The normalized spacial score (nSPS) is 25.1. The van der Waals surface area contributed by atoms with Crippen LogP contribution in [0.4, 0.5) is 0 Å². The fourth-order valence-corrected chi connectivity index (χ4v) is 5.73. The highest BCUT2D eigenvalue weighted by Gasteiger charge is 2.45. The third kappa shape index (κ3) is 7.17. The molecular weight excluding hydrogens is 392 g/mol. The van der Waals surface area contributed by atoms with E-state index in [9.17, 15) is 5.11 Å². The number of unbranched alkanes of at least 4 members (excludes halogenated alkanes) is 1. The van der Waals surface area contributed by atoms with Gasteiger partial charge in [0.05, 0.1) is 18.8 Å². The van der Waals surface area contributed by atoms with Gasteiger partial charge in [-0.15, -0.1) is 0 Å². The minimum Gasteiger partial charge on any atom is -0.410 e. The van der Waals surface area contributed by atoms with Crippen molar-refractivity contribution in [1.29, 1.82) is 0 Å². The fourth-order valence-electron chi connectivity index (χ4n) is 3.16. The number of hydrogen-bond donors (Lipinski definition) is 1. The maximum atomic E-state index is 9.57. The molecule has 1 fully saturated rings. The van der Waals surface area contributed by atoms with Crippen LogP contribution in [0.25, 0.3) is 0 Å². The molecule has 0 aromatic carbocycles. The first-order valence-electron chi connectivity index (χ1n) is 11.4. The van der Waals surface area contributed by atoms with Crippen LogP contribution in [0.5, 0.6) is 0 Å². The average molecular weight is 441 g/mol. The molecule has 5 heteroatoms. The van der Waals surface area contributed by atoms with Gasteiger partial charge in [-0.25, -0.2) is 0 Å². The third-order valence-electron chi connectivity index (χ3n) is 7.17. The molecule has 2 atom stereocenters. The summed E-state index contributed by atoms with van der Waals surface area (Å²) in [7, 11) is -3.85. The number of hydrogen-bond acceptors (Lipinski definition) is 3. The Morgan fingerprint density at radius 2 is 1.28 bits per heavy atom. The molecule has 3 nitrogen and oxygen atoms in total. The van der Waals surface area contributed by atoms with Gasteiger partial charge in [-0.3, -0.25) is 0 Å². The van der Waals surface area contributed by atoms with Gasteiger partial charge in [-0.1, -0.05) is 72.6 Å². The standard InChI is InChI=1S/C24H48O3Si2/c1-12-13-14-20-21(26-28(8,9)23(2,3)4)17-19(15-16-25)18-22(20)27-29(10,11)24(5,6)7/h14-15,21-22,25H,12-13,16-18H2,1-11H3/t21-,22+. The summed E-state index contributed by atoms with van der Waals surface area (Å²) in [6.45, 7) is 25.4. The van der Waals surface area contributed by atoms with Crippen molar-refractivity contribution in [3.63, 3.8) is 0 Å². The van der Waals surface area contributed by atoms with Gasteiger partial charge in [0.25, 0.3) is 0 Å². The molecule has 0 heterocycles. The molecule has 0 saturated heterocycles. The average Bonchev–Trinajstić information content (AvgIpc) is 2.51. The van der Waals surface area contributed by atoms with E-state index in [-0.39, 0.29) is 28.9 Å². The third-order valence-corrected chi connectivity index (χ3v) is 16.1. The van der Waals surface area contributed by atoms with Gasteiger partial charge in [0.2, 0.25) is 0 Å². The van der Waals surface area contributed by atoms with Crippen LogP contribution in [-0.4, -0.2) is 40.6 Å². The van der Waals surface area contributed by atoms with Crippen molar-refractivity contribution in [2.75, 3.05) is 6.61 Å². The van der Waals surface area contributed by atoms with Gasteiger partial charge in [-0.2, -0.15) is 0 Å². The zero-order valence-corrected chi connectivity index (χ0v) is 23.1. The maximum Gasteiger partial charge on any atom is 0.192 e. The van der Waals surface area contributed by atoms with E-state index in [2.05, 4.69) is 80.7 Å². The van der Waals surface area contributed by atoms with Crippen molar-refractivity contribution < 1.29 is 14.0 Å². The van der Waals surface area contributed by atoms with Crippen LogP contribution < -0.4 is 0 Å². The molecule has 29 heavy (non-hydrogen) atoms. The molecule has 1 aliphatic carbocycles. The molecular formula is C24H48O3Si2. The summed E-state index contributed by atoms with van der Waals surface area (Å²) >= 11 is 0. The predicted molar refractivity (Wildman–Crippen MR) is 132 cm³/mol. The van der Waals surface area contributed by atoms with Crippen molar-refractivity contribution in [3.05, 3.63) is 23.3 Å². The minimum absolute atomic E-state index is 0.0590. The van der Waals surface area contributed by atoms with Crippen molar-refractivity contribution >= 4 is 16.6 Å². The molecule has 1 rings (SSSR count). The largest absolute Gasteiger partial charge is 0.410 e. The topological polar surface area (TPSA) is 38.7 Å². The molecule has 1 aliphatic rings. The molecule has 0 aliphatic heterocycles. The number of aliphatic hydroxyl groups excluding tert-OH is 1. The summed E-state index contributed by atoms with van der Waals surface area (Å²) in [6, 6.07) is 0. The molecule has 1 saturated carbocycles. The summed E-state index contributed by atoms with van der Waals surface area (Å²) in [6.07, 6.45) is 8.42. The van der Waals surface area contributed by atoms with E-state index in [4.69, 9.17) is 8.85 Å². The first-order valence-corrected chi connectivity index (χ1v) is 17.2. The Bertz CT molecular complexity index is 550. The van der Waals surface area contributed by atoms with Crippen LogP contribution in [0.3, 0.4) is 0 Å². The monoisotopic (exact) mass is 440 g/mol. The van der Waals surface area contributed by atoms with Crippen LogP contribution in [0, 0.1) is 0 Å². The lowest BCUT2D eigenvalue weighted by molar-refractivity contribution is 0.130. The molecule has 1 N–H and O–H groups in total. The van der Waals surface area contributed by atoms with E-state index in [1.807, 2.05) is 6.08 Å². The highest BCUT2D eigenvalue weighted by Crippen LogP contribution is 2.44. The first-order chi connectivity index (χ1) is 13.1. The highest BCUT2D eigenvalue weighted by atomic mass is 28.4. The lowest BCUT2D eigenvalue weighted by Gasteiger charge is -2.46. The predicted octanol–water partition coefficient (Wildman–Crippen LogP) is 7.21. The molecule has 170 valence electrons.